The lowest BCUT2D eigenvalue weighted by molar-refractivity contribution is -0.0212. The first kappa shape index (κ1) is 20.4. The minimum absolute atomic E-state index is 0.106. The second-order valence-electron chi connectivity index (χ2n) is 7.76. The van der Waals surface area contributed by atoms with Crippen LogP contribution in [-0.2, 0) is 0 Å². The summed E-state index contributed by atoms with van der Waals surface area (Å²) < 4.78 is 43.0. The number of halogens is 5. The fourth-order valence-corrected chi connectivity index (χ4v) is 3.28. The molecule has 1 atom stereocenters. The van der Waals surface area contributed by atoms with Crippen LogP contribution in [0.3, 0.4) is 0 Å². The van der Waals surface area contributed by atoms with Crippen molar-refractivity contribution in [3.8, 4) is 0 Å². The van der Waals surface area contributed by atoms with Crippen molar-refractivity contribution in [2.75, 3.05) is 18.0 Å². The lowest BCUT2D eigenvalue weighted by atomic mass is 9.95. The maximum atomic E-state index is 14.4. The van der Waals surface area contributed by atoms with Gasteiger partial charge in [-0.15, -0.1) is 0 Å². The highest BCUT2D eigenvalue weighted by Gasteiger charge is 2.41. The summed E-state index contributed by atoms with van der Waals surface area (Å²) in [7, 11) is 0. The van der Waals surface area contributed by atoms with Crippen LogP contribution in [0.1, 0.15) is 27.2 Å². The molecule has 5 nitrogen and oxygen atoms in total. The molecule has 2 aromatic heterocycles. The van der Waals surface area contributed by atoms with E-state index in [1.165, 1.54) is 11.1 Å². The molecule has 0 saturated carbocycles. The zero-order valence-corrected chi connectivity index (χ0v) is 16.5. The standard InChI is InChI=1S/C17H19Cl2F3N5/c1-16(2,3)7-24-9-4-17(21,22)8-27(6-9)14-10-5-23-13(18)11(20)12(10)25-15(19)26-14/h5,7,9,24H,4,6,8H2,1-3H3. The van der Waals surface area contributed by atoms with Gasteiger partial charge >= 0.3 is 0 Å². The number of hydrogen-bond acceptors (Lipinski definition) is 5. The Morgan fingerprint density at radius 1 is 1.30 bits per heavy atom. The lowest BCUT2D eigenvalue weighted by Gasteiger charge is -2.39. The van der Waals surface area contributed by atoms with Crippen LogP contribution in [0.2, 0.25) is 10.4 Å². The molecule has 0 amide bonds. The predicted molar refractivity (Wildman–Crippen MR) is 99.8 cm³/mol. The van der Waals surface area contributed by atoms with Crippen molar-refractivity contribution >= 4 is 39.9 Å². The highest BCUT2D eigenvalue weighted by atomic mass is 35.5. The van der Waals surface area contributed by atoms with Gasteiger partial charge < -0.3 is 10.2 Å². The highest BCUT2D eigenvalue weighted by Crippen LogP contribution is 2.35. The van der Waals surface area contributed by atoms with Crippen LogP contribution in [0.5, 0.6) is 0 Å². The third kappa shape index (κ3) is 4.73. The number of rotatable bonds is 3. The average Bonchev–Trinajstić information content (AvgIpc) is 2.54. The van der Waals surface area contributed by atoms with E-state index in [-0.39, 0.29) is 45.5 Å². The third-order valence-corrected chi connectivity index (χ3v) is 4.49. The van der Waals surface area contributed by atoms with Gasteiger partial charge in [0.15, 0.2) is 11.0 Å². The molecule has 3 rings (SSSR count). The van der Waals surface area contributed by atoms with Crippen LogP contribution in [0.25, 0.3) is 10.9 Å². The monoisotopic (exact) mass is 420 g/mol. The predicted octanol–water partition coefficient (Wildman–Crippen LogP) is 4.48. The van der Waals surface area contributed by atoms with Crippen molar-refractivity contribution in [3.05, 3.63) is 29.0 Å². The van der Waals surface area contributed by atoms with Gasteiger partial charge in [-0.3, -0.25) is 0 Å². The maximum Gasteiger partial charge on any atom is 0.266 e. The van der Waals surface area contributed by atoms with Gasteiger partial charge in [0.25, 0.3) is 5.92 Å². The summed E-state index contributed by atoms with van der Waals surface area (Å²) >= 11 is 11.6. The number of nitrogens with one attached hydrogen (secondary N) is 1. The summed E-state index contributed by atoms with van der Waals surface area (Å²) in [6.07, 6.45) is 0.953. The number of hydrogen-bond donors (Lipinski definition) is 1. The van der Waals surface area contributed by atoms with E-state index in [0.29, 0.717) is 0 Å². The van der Waals surface area contributed by atoms with Crippen molar-refractivity contribution in [3.63, 3.8) is 0 Å². The van der Waals surface area contributed by atoms with E-state index < -0.39 is 24.3 Å². The molecule has 0 bridgehead atoms. The van der Waals surface area contributed by atoms with E-state index in [0.717, 1.165) is 0 Å². The Kier molecular flexibility index (Phi) is 5.44. The van der Waals surface area contributed by atoms with Crippen LogP contribution < -0.4 is 10.2 Å². The summed E-state index contributed by atoms with van der Waals surface area (Å²) in [5.41, 5.74) is -0.323. The van der Waals surface area contributed by atoms with Crippen molar-refractivity contribution in [1.82, 2.24) is 20.3 Å². The fourth-order valence-electron chi connectivity index (χ4n) is 2.97. The number of piperidine rings is 1. The number of fused-ring (bicyclic) bond motifs is 1. The van der Waals surface area contributed by atoms with Crippen LogP contribution in [0.4, 0.5) is 19.0 Å². The van der Waals surface area contributed by atoms with E-state index in [1.54, 1.807) is 6.54 Å². The molecule has 1 radical (unpaired) electrons. The van der Waals surface area contributed by atoms with E-state index in [1.807, 2.05) is 20.8 Å². The van der Waals surface area contributed by atoms with Crippen LogP contribution in [0.15, 0.2) is 6.20 Å². The first-order chi connectivity index (χ1) is 12.5. The summed E-state index contributed by atoms with van der Waals surface area (Å²) in [6.45, 7) is 7.38. The molecule has 147 valence electrons. The topological polar surface area (TPSA) is 53.9 Å². The second-order valence-corrected chi connectivity index (χ2v) is 8.45. The molecule has 1 unspecified atom stereocenters. The number of anilines is 1. The Hall–Kier alpha value is -1.38. The Balaban J connectivity index is 1.98. The summed E-state index contributed by atoms with van der Waals surface area (Å²) in [5.74, 6) is -3.71. The van der Waals surface area contributed by atoms with Crippen LogP contribution in [0, 0.1) is 17.8 Å². The summed E-state index contributed by atoms with van der Waals surface area (Å²) in [6, 6.07) is -0.512. The minimum atomic E-state index is -2.95. The van der Waals surface area contributed by atoms with Crippen molar-refractivity contribution in [2.24, 2.45) is 5.41 Å². The van der Waals surface area contributed by atoms with Crippen LogP contribution >= 0.6 is 23.2 Å². The third-order valence-electron chi connectivity index (χ3n) is 4.05. The number of pyridine rings is 1. The van der Waals surface area contributed by atoms with Gasteiger partial charge in [0.2, 0.25) is 5.28 Å². The van der Waals surface area contributed by atoms with Gasteiger partial charge in [0.05, 0.1) is 11.9 Å². The van der Waals surface area contributed by atoms with Gasteiger partial charge in [-0.05, 0) is 17.0 Å². The van der Waals surface area contributed by atoms with Crippen molar-refractivity contribution in [2.45, 2.75) is 39.2 Å². The maximum absolute atomic E-state index is 14.4. The molecule has 0 aromatic carbocycles. The molecule has 1 fully saturated rings. The Bertz CT molecular complexity index is 857. The summed E-state index contributed by atoms with van der Waals surface area (Å²) in [5, 5.41) is 2.62. The summed E-state index contributed by atoms with van der Waals surface area (Å²) in [4.78, 5) is 13.0. The first-order valence-electron chi connectivity index (χ1n) is 8.36. The van der Waals surface area contributed by atoms with E-state index in [4.69, 9.17) is 23.2 Å². The molecular formula is C17H19Cl2F3N5. The Morgan fingerprint density at radius 2 is 2.00 bits per heavy atom. The molecule has 0 aliphatic carbocycles. The molecule has 3 heterocycles. The zero-order chi connectivity index (χ0) is 20.0. The van der Waals surface area contributed by atoms with Gasteiger partial charge in [-0.2, -0.15) is 4.98 Å². The zero-order valence-electron chi connectivity index (χ0n) is 15.0. The van der Waals surface area contributed by atoms with Gasteiger partial charge in [-0.1, -0.05) is 32.4 Å². The quantitative estimate of drug-likeness (QED) is 0.585. The number of nitrogens with zero attached hydrogens (tertiary/aromatic N) is 4. The molecule has 1 saturated heterocycles. The van der Waals surface area contributed by atoms with Gasteiger partial charge in [0, 0.05) is 31.7 Å². The smallest absolute Gasteiger partial charge is 0.266 e. The highest BCUT2D eigenvalue weighted by molar-refractivity contribution is 6.30. The normalized spacial score (nSPS) is 20.3. The van der Waals surface area contributed by atoms with Gasteiger partial charge in [0.1, 0.15) is 11.3 Å². The minimum Gasteiger partial charge on any atom is -0.348 e. The molecule has 27 heavy (non-hydrogen) atoms. The Morgan fingerprint density at radius 3 is 2.67 bits per heavy atom. The van der Waals surface area contributed by atoms with Crippen molar-refractivity contribution < 1.29 is 13.2 Å². The molecule has 1 N–H and O–H groups in total. The number of aromatic nitrogens is 3. The van der Waals surface area contributed by atoms with E-state index in [2.05, 4.69) is 20.3 Å². The molecule has 10 heteroatoms. The Labute approximate surface area is 165 Å². The molecular weight excluding hydrogens is 402 g/mol. The van der Waals surface area contributed by atoms with Gasteiger partial charge in [-0.25, -0.2) is 23.1 Å². The second kappa shape index (κ2) is 7.22. The van der Waals surface area contributed by atoms with E-state index in [9.17, 15) is 13.2 Å². The SMILES string of the molecule is CC(C)(C)[CH]NC1CN(c2nc(Cl)nc3c(F)c(Cl)ncc23)CC(F)(F)C1. The van der Waals surface area contributed by atoms with Crippen molar-refractivity contribution in [1.29, 1.82) is 0 Å². The molecule has 2 aromatic rings. The molecule has 1 aliphatic heterocycles. The van der Waals surface area contributed by atoms with E-state index >= 15 is 0 Å². The largest absolute Gasteiger partial charge is 0.348 e. The average molecular weight is 421 g/mol. The lowest BCUT2D eigenvalue weighted by Crippen LogP contribution is -2.54. The fraction of sp³-hybridized carbons (Fsp3) is 0.529. The molecule has 1 aliphatic rings. The first-order valence-corrected chi connectivity index (χ1v) is 9.11. The molecule has 0 spiro atoms. The van der Waals surface area contributed by atoms with Crippen LogP contribution in [-0.4, -0.2) is 40.0 Å². The number of alkyl halides is 2.